The number of carbonyl (C=O) groups is 2. The largest absolute Gasteiger partial charge is 0.462 e. The first-order valence-electron chi connectivity index (χ1n) is 8.56. The van der Waals surface area contributed by atoms with E-state index in [1.54, 1.807) is 6.92 Å². The van der Waals surface area contributed by atoms with E-state index in [0.29, 0.717) is 23.1 Å². The number of esters is 1. The molecule has 5 heteroatoms. The van der Waals surface area contributed by atoms with E-state index in [4.69, 9.17) is 4.74 Å². The molecule has 1 atom stereocenters. The highest BCUT2D eigenvalue weighted by Gasteiger charge is 2.23. The van der Waals surface area contributed by atoms with Gasteiger partial charge in [0.05, 0.1) is 12.2 Å². The summed E-state index contributed by atoms with van der Waals surface area (Å²) in [5, 5.41) is 3.58. The monoisotopic (exact) mass is 339 g/mol. The summed E-state index contributed by atoms with van der Waals surface area (Å²) in [7, 11) is 0. The second-order valence-electron chi connectivity index (χ2n) is 6.00. The van der Waals surface area contributed by atoms with Crippen LogP contribution in [0.1, 0.15) is 81.5 Å². The van der Waals surface area contributed by atoms with Crippen LogP contribution in [0.4, 0.5) is 5.00 Å². The predicted molar refractivity (Wildman–Crippen MR) is 96.3 cm³/mol. The molecule has 1 aromatic heterocycles. The number of ether oxygens (including phenoxy) is 1. The van der Waals surface area contributed by atoms with Crippen LogP contribution in [0.15, 0.2) is 6.07 Å². The van der Waals surface area contributed by atoms with E-state index in [1.807, 2.05) is 13.0 Å². The minimum atomic E-state index is -0.368. The molecule has 0 radical (unpaired) electrons. The fourth-order valence-electron chi connectivity index (χ4n) is 2.33. The second-order valence-corrected chi connectivity index (χ2v) is 7.09. The van der Waals surface area contributed by atoms with Gasteiger partial charge in [-0.25, -0.2) is 4.79 Å². The average Bonchev–Trinajstić information content (AvgIpc) is 2.92. The lowest BCUT2D eigenvalue weighted by atomic mass is 9.98. The van der Waals surface area contributed by atoms with Gasteiger partial charge in [-0.1, -0.05) is 40.5 Å². The molecule has 0 saturated heterocycles. The van der Waals surface area contributed by atoms with Crippen molar-refractivity contribution in [2.75, 3.05) is 11.9 Å². The summed E-state index contributed by atoms with van der Waals surface area (Å²) < 4.78 is 5.11. The van der Waals surface area contributed by atoms with E-state index in [2.05, 4.69) is 26.1 Å². The molecular weight excluding hydrogens is 310 g/mol. The highest BCUT2D eigenvalue weighted by atomic mass is 32.1. The highest BCUT2D eigenvalue weighted by Crippen LogP contribution is 2.34. The molecule has 1 heterocycles. The quantitative estimate of drug-likeness (QED) is 0.629. The minimum absolute atomic E-state index is 0.00338. The van der Waals surface area contributed by atoms with Crippen LogP contribution in [-0.4, -0.2) is 18.5 Å². The Morgan fingerprint density at radius 1 is 1.26 bits per heavy atom. The summed E-state index contributed by atoms with van der Waals surface area (Å²) in [5.74, 6) is -0.0632. The van der Waals surface area contributed by atoms with Gasteiger partial charge < -0.3 is 10.1 Å². The fourth-order valence-corrected chi connectivity index (χ4v) is 3.39. The first kappa shape index (κ1) is 19.7. The van der Waals surface area contributed by atoms with Gasteiger partial charge in [-0.3, -0.25) is 4.79 Å². The van der Waals surface area contributed by atoms with Crippen LogP contribution in [0.25, 0.3) is 0 Å². The van der Waals surface area contributed by atoms with Crippen molar-refractivity contribution in [3.8, 4) is 0 Å². The normalized spacial score (nSPS) is 12.3. The molecule has 4 nitrogen and oxygen atoms in total. The first-order chi connectivity index (χ1) is 10.9. The lowest BCUT2D eigenvalue weighted by Crippen LogP contribution is -2.23. The van der Waals surface area contributed by atoms with Crippen molar-refractivity contribution in [1.82, 2.24) is 0 Å². The Hall–Kier alpha value is -1.36. The number of anilines is 1. The molecule has 1 rings (SSSR count). The van der Waals surface area contributed by atoms with Crippen molar-refractivity contribution in [1.29, 1.82) is 0 Å². The number of carbonyl (C=O) groups excluding carboxylic acids is 2. The Labute approximate surface area is 143 Å². The number of hydrogen-bond donors (Lipinski definition) is 1. The second kappa shape index (κ2) is 9.71. The van der Waals surface area contributed by atoms with Crippen LogP contribution in [0, 0.1) is 5.92 Å². The Morgan fingerprint density at radius 2 is 1.96 bits per heavy atom. The predicted octanol–water partition coefficient (Wildman–Crippen LogP) is 5.20. The molecule has 0 unspecified atom stereocenters. The number of nitrogens with one attached hydrogen (secondary N) is 1. The maximum absolute atomic E-state index is 12.5. The summed E-state index contributed by atoms with van der Waals surface area (Å²) in [6.45, 7) is 10.4. The average molecular weight is 340 g/mol. The van der Waals surface area contributed by atoms with E-state index >= 15 is 0 Å². The fraction of sp³-hybridized carbons (Fsp3) is 0.667. The van der Waals surface area contributed by atoms with Crippen molar-refractivity contribution >= 4 is 28.2 Å². The van der Waals surface area contributed by atoms with Crippen molar-refractivity contribution in [2.24, 2.45) is 5.92 Å². The SMILES string of the molecule is CCCC[C@H](CC)C(=O)Nc1sc(C(C)C)cc1C(=O)OCC. The Morgan fingerprint density at radius 3 is 2.48 bits per heavy atom. The molecule has 0 saturated carbocycles. The topological polar surface area (TPSA) is 55.4 Å². The van der Waals surface area contributed by atoms with Crippen molar-refractivity contribution in [3.63, 3.8) is 0 Å². The van der Waals surface area contributed by atoms with E-state index in [1.165, 1.54) is 11.3 Å². The van der Waals surface area contributed by atoms with Gasteiger partial charge in [0.1, 0.15) is 5.00 Å². The zero-order chi connectivity index (χ0) is 17.4. The summed E-state index contributed by atoms with van der Waals surface area (Å²) in [4.78, 5) is 25.7. The smallest absolute Gasteiger partial charge is 0.341 e. The number of thiophene rings is 1. The minimum Gasteiger partial charge on any atom is -0.462 e. The third kappa shape index (κ3) is 5.65. The molecule has 0 aliphatic rings. The molecule has 23 heavy (non-hydrogen) atoms. The zero-order valence-electron chi connectivity index (χ0n) is 14.9. The Kier molecular flexibility index (Phi) is 8.31. The van der Waals surface area contributed by atoms with Crippen molar-refractivity contribution in [3.05, 3.63) is 16.5 Å². The molecule has 0 aromatic carbocycles. The standard InChI is InChI=1S/C18H29NO3S/c1-6-9-10-13(7-2)16(20)19-17-14(18(21)22-8-3)11-15(23-17)12(4)5/h11-13H,6-10H2,1-5H3,(H,19,20)/t13-/m0/s1. The molecule has 0 bridgehead atoms. The van der Waals surface area contributed by atoms with Gasteiger partial charge in [-0.2, -0.15) is 0 Å². The maximum atomic E-state index is 12.5. The molecule has 130 valence electrons. The number of rotatable bonds is 9. The summed E-state index contributed by atoms with van der Waals surface area (Å²) >= 11 is 1.47. The number of amides is 1. The lowest BCUT2D eigenvalue weighted by molar-refractivity contribution is -0.120. The third-order valence-corrected chi connectivity index (χ3v) is 5.17. The zero-order valence-corrected chi connectivity index (χ0v) is 15.7. The Balaban J connectivity index is 2.96. The van der Waals surface area contributed by atoms with E-state index in [9.17, 15) is 9.59 Å². The molecular formula is C18H29NO3S. The summed E-state index contributed by atoms with van der Waals surface area (Å²) in [6, 6.07) is 1.84. The van der Waals surface area contributed by atoms with Crippen LogP contribution in [0.2, 0.25) is 0 Å². The van der Waals surface area contributed by atoms with Crippen LogP contribution in [-0.2, 0) is 9.53 Å². The van der Waals surface area contributed by atoms with Gasteiger partial charge in [0, 0.05) is 10.8 Å². The molecule has 1 amide bonds. The van der Waals surface area contributed by atoms with Crippen LogP contribution in [0.5, 0.6) is 0 Å². The van der Waals surface area contributed by atoms with Gasteiger partial charge in [-0.05, 0) is 31.7 Å². The van der Waals surface area contributed by atoms with Gasteiger partial charge in [0.2, 0.25) is 5.91 Å². The van der Waals surface area contributed by atoms with E-state index in [0.717, 1.165) is 30.6 Å². The van der Waals surface area contributed by atoms with Gasteiger partial charge in [0.25, 0.3) is 0 Å². The molecule has 0 aliphatic heterocycles. The molecule has 1 N–H and O–H groups in total. The number of unbranched alkanes of at least 4 members (excludes halogenated alkanes) is 1. The summed E-state index contributed by atoms with van der Waals surface area (Å²) in [5.41, 5.74) is 0.472. The first-order valence-corrected chi connectivity index (χ1v) is 9.37. The third-order valence-electron chi connectivity index (χ3n) is 3.82. The highest BCUT2D eigenvalue weighted by molar-refractivity contribution is 7.16. The van der Waals surface area contributed by atoms with Crippen molar-refractivity contribution < 1.29 is 14.3 Å². The van der Waals surface area contributed by atoms with Gasteiger partial charge in [-0.15, -0.1) is 11.3 Å². The molecule has 0 spiro atoms. The van der Waals surface area contributed by atoms with Crippen molar-refractivity contribution in [2.45, 2.75) is 66.2 Å². The molecule has 0 aliphatic carbocycles. The summed E-state index contributed by atoms with van der Waals surface area (Å²) in [6.07, 6.45) is 3.81. The van der Waals surface area contributed by atoms with Crippen LogP contribution in [0.3, 0.4) is 0 Å². The van der Waals surface area contributed by atoms with Gasteiger partial charge >= 0.3 is 5.97 Å². The van der Waals surface area contributed by atoms with Crippen LogP contribution >= 0.6 is 11.3 Å². The van der Waals surface area contributed by atoms with Gasteiger partial charge in [0.15, 0.2) is 0 Å². The van der Waals surface area contributed by atoms with Crippen LogP contribution < -0.4 is 5.32 Å². The Bertz CT molecular complexity index is 522. The van der Waals surface area contributed by atoms with E-state index in [-0.39, 0.29) is 17.8 Å². The van der Waals surface area contributed by atoms with E-state index < -0.39 is 0 Å². The number of hydrogen-bond acceptors (Lipinski definition) is 4. The maximum Gasteiger partial charge on any atom is 0.341 e. The molecule has 0 fully saturated rings. The lowest BCUT2D eigenvalue weighted by Gasteiger charge is -2.14. The molecule has 1 aromatic rings.